The predicted molar refractivity (Wildman–Crippen MR) is 54.2 cm³/mol. The lowest BCUT2D eigenvalue weighted by Crippen LogP contribution is -2.31. The first kappa shape index (κ1) is 8.55. The number of hydrogen-bond acceptors (Lipinski definition) is 4. The highest BCUT2D eigenvalue weighted by Gasteiger charge is 2.25. The zero-order chi connectivity index (χ0) is 10.1. The first-order chi connectivity index (χ1) is 7.45. The average Bonchev–Trinajstić information content (AvgIpc) is 2.78. The van der Waals surface area contributed by atoms with Gasteiger partial charge in [0.2, 0.25) is 0 Å². The van der Waals surface area contributed by atoms with Crippen LogP contribution in [-0.2, 0) is 6.42 Å². The summed E-state index contributed by atoms with van der Waals surface area (Å²) in [4.78, 5) is 4.34. The number of nitrogens with zero attached hydrogens (tertiary/aromatic N) is 3. The van der Waals surface area contributed by atoms with Crippen LogP contribution in [0.3, 0.4) is 0 Å². The molecule has 3 heterocycles. The summed E-state index contributed by atoms with van der Waals surface area (Å²) in [5.74, 6) is 0. The molecule has 0 saturated carbocycles. The van der Waals surface area contributed by atoms with Gasteiger partial charge in [-0.15, -0.1) is 5.10 Å². The second-order valence-electron chi connectivity index (χ2n) is 3.57. The van der Waals surface area contributed by atoms with Crippen molar-refractivity contribution in [2.45, 2.75) is 12.5 Å². The Morgan fingerprint density at radius 3 is 3.20 bits per heavy atom. The van der Waals surface area contributed by atoms with E-state index in [0.717, 1.165) is 30.0 Å². The third-order valence-electron chi connectivity index (χ3n) is 2.63. The van der Waals surface area contributed by atoms with Crippen LogP contribution in [-0.4, -0.2) is 26.9 Å². The maximum atomic E-state index is 4.34. The van der Waals surface area contributed by atoms with Crippen LogP contribution in [0.15, 0.2) is 24.4 Å². The molecule has 76 valence electrons. The molecule has 1 aliphatic heterocycles. The van der Waals surface area contributed by atoms with Gasteiger partial charge < -0.3 is 5.32 Å². The minimum absolute atomic E-state index is 0.0775. The molecule has 5 nitrogen and oxygen atoms in total. The predicted octanol–water partition coefficient (Wildman–Crippen LogP) is 0.435. The van der Waals surface area contributed by atoms with Crippen LogP contribution >= 0.6 is 0 Å². The van der Waals surface area contributed by atoms with Gasteiger partial charge in [0, 0.05) is 19.2 Å². The van der Waals surface area contributed by atoms with Crippen molar-refractivity contribution in [1.82, 2.24) is 25.7 Å². The van der Waals surface area contributed by atoms with Gasteiger partial charge in [-0.2, -0.15) is 0 Å². The standard InChI is InChI=1S/C10H11N5/c1-2-5-11-7(3-1)9-10-8(4-6-12-9)13-15-14-10/h1-3,5,9,12H,4,6H2,(H,13,14,15). The summed E-state index contributed by atoms with van der Waals surface area (Å²) in [5, 5.41) is 14.3. The highest BCUT2D eigenvalue weighted by molar-refractivity contribution is 5.26. The van der Waals surface area contributed by atoms with Crippen LogP contribution in [0.25, 0.3) is 0 Å². The van der Waals surface area contributed by atoms with Crippen molar-refractivity contribution in [3.05, 3.63) is 41.5 Å². The molecular weight excluding hydrogens is 190 g/mol. The molecule has 15 heavy (non-hydrogen) atoms. The normalized spacial score (nSPS) is 19.9. The highest BCUT2D eigenvalue weighted by Crippen LogP contribution is 2.23. The third kappa shape index (κ3) is 1.41. The van der Waals surface area contributed by atoms with Crippen LogP contribution in [0.4, 0.5) is 0 Å². The molecule has 1 atom stereocenters. The third-order valence-corrected chi connectivity index (χ3v) is 2.63. The van der Waals surface area contributed by atoms with E-state index in [0.29, 0.717) is 0 Å². The minimum Gasteiger partial charge on any atom is -0.303 e. The first-order valence-corrected chi connectivity index (χ1v) is 4.99. The SMILES string of the molecule is c1ccc(C2NCCc3[nH]nnc32)nc1. The molecule has 0 saturated heterocycles. The fourth-order valence-electron chi connectivity index (χ4n) is 1.90. The Bertz CT molecular complexity index is 450. The monoisotopic (exact) mass is 201 g/mol. The molecule has 3 rings (SSSR count). The van der Waals surface area contributed by atoms with E-state index < -0.39 is 0 Å². The second kappa shape index (κ2) is 3.43. The Hall–Kier alpha value is -1.75. The van der Waals surface area contributed by atoms with E-state index >= 15 is 0 Å². The molecular formula is C10H11N5. The minimum atomic E-state index is 0.0775. The van der Waals surface area contributed by atoms with Crippen molar-refractivity contribution in [2.75, 3.05) is 6.54 Å². The van der Waals surface area contributed by atoms with E-state index in [9.17, 15) is 0 Å². The van der Waals surface area contributed by atoms with Crippen LogP contribution in [0.1, 0.15) is 23.1 Å². The number of nitrogens with one attached hydrogen (secondary N) is 2. The van der Waals surface area contributed by atoms with Gasteiger partial charge in [0.1, 0.15) is 5.69 Å². The summed E-state index contributed by atoms with van der Waals surface area (Å²) in [5.41, 5.74) is 3.08. The van der Waals surface area contributed by atoms with Crippen molar-refractivity contribution >= 4 is 0 Å². The van der Waals surface area contributed by atoms with E-state index in [1.54, 1.807) is 6.20 Å². The van der Waals surface area contributed by atoms with Gasteiger partial charge in [-0.05, 0) is 12.1 Å². The highest BCUT2D eigenvalue weighted by atomic mass is 15.3. The van der Waals surface area contributed by atoms with E-state index in [2.05, 4.69) is 25.7 Å². The van der Waals surface area contributed by atoms with Gasteiger partial charge in [-0.25, -0.2) is 0 Å². The Morgan fingerprint density at radius 2 is 2.33 bits per heavy atom. The fraction of sp³-hybridized carbons (Fsp3) is 0.300. The van der Waals surface area contributed by atoms with Crippen molar-refractivity contribution in [1.29, 1.82) is 0 Å². The molecule has 0 radical (unpaired) electrons. The Balaban J connectivity index is 2.03. The maximum absolute atomic E-state index is 4.34. The van der Waals surface area contributed by atoms with Crippen molar-refractivity contribution < 1.29 is 0 Å². The summed E-state index contributed by atoms with van der Waals surface area (Å²) in [6, 6.07) is 5.98. The summed E-state index contributed by atoms with van der Waals surface area (Å²) in [6.07, 6.45) is 2.75. The average molecular weight is 201 g/mol. The molecule has 2 aromatic heterocycles. The van der Waals surface area contributed by atoms with Crippen molar-refractivity contribution in [3.8, 4) is 0 Å². The Morgan fingerprint density at radius 1 is 1.33 bits per heavy atom. The molecule has 1 unspecified atom stereocenters. The molecule has 0 aliphatic carbocycles. The molecule has 2 N–H and O–H groups in total. The lowest BCUT2D eigenvalue weighted by molar-refractivity contribution is 0.542. The zero-order valence-corrected chi connectivity index (χ0v) is 8.14. The molecule has 0 aromatic carbocycles. The molecule has 0 amide bonds. The molecule has 5 heteroatoms. The number of H-pyrrole nitrogens is 1. The number of rotatable bonds is 1. The summed E-state index contributed by atoms with van der Waals surface area (Å²) < 4.78 is 0. The summed E-state index contributed by atoms with van der Waals surface area (Å²) in [7, 11) is 0. The molecule has 1 aliphatic rings. The van der Waals surface area contributed by atoms with Crippen molar-refractivity contribution in [2.24, 2.45) is 0 Å². The van der Waals surface area contributed by atoms with E-state index in [1.165, 1.54) is 0 Å². The van der Waals surface area contributed by atoms with Gasteiger partial charge in [0.25, 0.3) is 0 Å². The van der Waals surface area contributed by atoms with Crippen molar-refractivity contribution in [3.63, 3.8) is 0 Å². The Kier molecular flexibility index (Phi) is 1.96. The number of aromatic nitrogens is 4. The number of aromatic amines is 1. The van der Waals surface area contributed by atoms with E-state index in [1.807, 2.05) is 18.2 Å². The van der Waals surface area contributed by atoms with Gasteiger partial charge in [-0.3, -0.25) is 10.1 Å². The van der Waals surface area contributed by atoms with Gasteiger partial charge >= 0.3 is 0 Å². The van der Waals surface area contributed by atoms with Gasteiger partial charge in [0.05, 0.1) is 17.4 Å². The fourth-order valence-corrected chi connectivity index (χ4v) is 1.90. The van der Waals surface area contributed by atoms with Crippen LogP contribution in [0, 0.1) is 0 Å². The van der Waals surface area contributed by atoms with Crippen LogP contribution < -0.4 is 5.32 Å². The summed E-state index contributed by atoms with van der Waals surface area (Å²) >= 11 is 0. The van der Waals surface area contributed by atoms with E-state index in [-0.39, 0.29) is 6.04 Å². The number of pyridine rings is 1. The molecule has 2 aromatic rings. The molecule has 0 bridgehead atoms. The maximum Gasteiger partial charge on any atom is 0.109 e. The largest absolute Gasteiger partial charge is 0.303 e. The first-order valence-electron chi connectivity index (χ1n) is 4.99. The second-order valence-corrected chi connectivity index (χ2v) is 3.57. The Labute approximate surface area is 86.9 Å². The lowest BCUT2D eigenvalue weighted by Gasteiger charge is -2.21. The topological polar surface area (TPSA) is 66.5 Å². The van der Waals surface area contributed by atoms with Crippen LogP contribution in [0.2, 0.25) is 0 Å². The number of hydrogen-bond donors (Lipinski definition) is 2. The number of fused-ring (bicyclic) bond motifs is 1. The zero-order valence-electron chi connectivity index (χ0n) is 8.14. The molecule has 0 fully saturated rings. The molecule has 0 spiro atoms. The quantitative estimate of drug-likeness (QED) is 0.702. The lowest BCUT2D eigenvalue weighted by atomic mass is 10.0. The van der Waals surface area contributed by atoms with E-state index in [4.69, 9.17) is 0 Å². The smallest absolute Gasteiger partial charge is 0.109 e. The van der Waals surface area contributed by atoms with Crippen LogP contribution in [0.5, 0.6) is 0 Å². The summed E-state index contributed by atoms with van der Waals surface area (Å²) in [6.45, 7) is 0.929. The van der Waals surface area contributed by atoms with Gasteiger partial charge in [0.15, 0.2) is 0 Å². The van der Waals surface area contributed by atoms with Gasteiger partial charge in [-0.1, -0.05) is 11.3 Å².